The molecule has 13 heavy (non-hydrogen) atoms. The Bertz CT molecular complexity index is 197. The summed E-state index contributed by atoms with van der Waals surface area (Å²) in [6, 6.07) is -0.856. The van der Waals surface area contributed by atoms with E-state index < -0.39 is 12.5 Å². The predicted molar refractivity (Wildman–Crippen MR) is 52.5 cm³/mol. The highest BCUT2D eigenvalue weighted by atomic mass is 32.2. The maximum Gasteiger partial charge on any atom is 0.259 e. The van der Waals surface area contributed by atoms with Gasteiger partial charge in [-0.25, -0.2) is 8.78 Å². The molecule has 0 aromatic heterocycles. The number of hydrogen-bond donors (Lipinski definition) is 1. The van der Waals surface area contributed by atoms with Gasteiger partial charge in [-0.1, -0.05) is 6.92 Å². The van der Waals surface area contributed by atoms with E-state index in [1.165, 1.54) is 6.92 Å². The Kier molecular flexibility index (Phi) is 3.96. The maximum atomic E-state index is 12.1. The van der Waals surface area contributed by atoms with Crippen molar-refractivity contribution in [2.24, 2.45) is 11.0 Å². The lowest BCUT2D eigenvalue weighted by Crippen LogP contribution is -2.30. The van der Waals surface area contributed by atoms with Gasteiger partial charge < -0.3 is 5.43 Å². The van der Waals surface area contributed by atoms with E-state index in [2.05, 4.69) is 17.5 Å². The highest BCUT2D eigenvalue weighted by Gasteiger charge is 2.19. The van der Waals surface area contributed by atoms with Crippen molar-refractivity contribution in [3.05, 3.63) is 0 Å². The van der Waals surface area contributed by atoms with Crippen LogP contribution in [0.5, 0.6) is 0 Å². The first-order valence-corrected chi connectivity index (χ1v) is 5.44. The molecule has 0 saturated carbocycles. The molecule has 0 aliphatic carbocycles. The van der Waals surface area contributed by atoms with Gasteiger partial charge in [-0.2, -0.15) is 16.9 Å². The van der Waals surface area contributed by atoms with Gasteiger partial charge in [-0.15, -0.1) is 0 Å². The Hall–Kier alpha value is -0.320. The van der Waals surface area contributed by atoms with Gasteiger partial charge in [0, 0.05) is 17.4 Å². The first kappa shape index (κ1) is 10.8. The molecule has 0 bridgehead atoms. The Balaban J connectivity index is 2.38. The van der Waals surface area contributed by atoms with Crippen LogP contribution in [0.3, 0.4) is 0 Å². The van der Waals surface area contributed by atoms with Crippen LogP contribution in [0.25, 0.3) is 0 Å². The molecule has 0 aromatic carbocycles. The Labute approximate surface area is 81.2 Å². The summed E-state index contributed by atoms with van der Waals surface area (Å²) in [6.07, 6.45) is -2.35. The number of rotatable bonds is 3. The third kappa shape index (κ3) is 3.14. The summed E-state index contributed by atoms with van der Waals surface area (Å²) in [5.74, 6) is 2.33. The molecular weight excluding hydrogens is 194 g/mol. The maximum absolute atomic E-state index is 12.1. The average molecular weight is 208 g/mol. The highest BCUT2D eigenvalue weighted by molar-refractivity contribution is 8.00. The van der Waals surface area contributed by atoms with E-state index in [4.69, 9.17) is 0 Å². The number of nitrogens with zero attached hydrogens (tertiary/aromatic N) is 1. The van der Waals surface area contributed by atoms with Crippen LogP contribution in [-0.4, -0.2) is 29.7 Å². The molecule has 76 valence electrons. The topological polar surface area (TPSA) is 24.4 Å². The van der Waals surface area contributed by atoms with Gasteiger partial charge in [-0.05, 0) is 6.92 Å². The van der Waals surface area contributed by atoms with Crippen LogP contribution >= 0.6 is 11.8 Å². The van der Waals surface area contributed by atoms with Gasteiger partial charge in [0.05, 0.1) is 5.71 Å². The number of alkyl halides is 2. The molecule has 5 heteroatoms. The van der Waals surface area contributed by atoms with Crippen LogP contribution in [0, 0.1) is 5.92 Å². The summed E-state index contributed by atoms with van der Waals surface area (Å²) in [4.78, 5) is 0. The molecule has 1 rings (SSSR count). The number of halogens is 2. The van der Waals surface area contributed by atoms with Crippen molar-refractivity contribution in [3.63, 3.8) is 0 Å². The molecule has 1 aliphatic rings. The fourth-order valence-electron chi connectivity index (χ4n) is 0.962. The summed E-state index contributed by atoms with van der Waals surface area (Å²) >= 11 is 1.79. The van der Waals surface area contributed by atoms with E-state index in [-0.39, 0.29) is 0 Å². The smallest absolute Gasteiger partial charge is 0.259 e. The molecule has 0 aromatic rings. The lowest BCUT2D eigenvalue weighted by molar-refractivity contribution is 0.107. The zero-order valence-electron chi connectivity index (χ0n) is 7.76. The molecule has 0 spiro atoms. The second kappa shape index (κ2) is 4.79. The van der Waals surface area contributed by atoms with Gasteiger partial charge in [0.1, 0.15) is 6.04 Å². The van der Waals surface area contributed by atoms with E-state index in [1.807, 2.05) is 0 Å². The van der Waals surface area contributed by atoms with Gasteiger partial charge in [-0.3, -0.25) is 0 Å². The van der Waals surface area contributed by atoms with Crippen molar-refractivity contribution < 1.29 is 8.78 Å². The molecule has 1 saturated heterocycles. The van der Waals surface area contributed by atoms with Crippen LogP contribution in [0.4, 0.5) is 8.78 Å². The lowest BCUT2D eigenvalue weighted by Gasteiger charge is -2.11. The predicted octanol–water partition coefficient (Wildman–Crippen LogP) is 1.97. The summed E-state index contributed by atoms with van der Waals surface area (Å²) in [5, 5.41) is 3.99. The van der Waals surface area contributed by atoms with E-state index in [0.29, 0.717) is 5.92 Å². The van der Waals surface area contributed by atoms with E-state index >= 15 is 0 Å². The normalized spacial score (nSPS) is 28.4. The minimum Gasteiger partial charge on any atom is -0.302 e. The summed E-state index contributed by atoms with van der Waals surface area (Å²) < 4.78 is 24.1. The fraction of sp³-hybridized carbons (Fsp3) is 0.875. The largest absolute Gasteiger partial charge is 0.302 e. The minimum atomic E-state index is -2.35. The van der Waals surface area contributed by atoms with E-state index in [0.717, 1.165) is 17.2 Å². The van der Waals surface area contributed by atoms with Gasteiger partial charge in [0.15, 0.2) is 0 Å². The fourth-order valence-corrected chi connectivity index (χ4v) is 2.18. The van der Waals surface area contributed by atoms with Gasteiger partial charge in [0.2, 0.25) is 0 Å². The zero-order valence-corrected chi connectivity index (χ0v) is 8.57. The molecule has 1 aliphatic heterocycles. The van der Waals surface area contributed by atoms with Crippen LogP contribution in [0.15, 0.2) is 5.10 Å². The summed E-state index contributed by atoms with van der Waals surface area (Å²) in [7, 11) is 0. The average Bonchev–Trinajstić information content (AvgIpc) is 2.47. The molecule has 0 radical (unpaired) electrons. The molecule has 1 heterocycles. The van der Waals surface area contributed by atoms with Crippen molar-refractivity contribution in [2.45, 2.75) is 26.3 Å². The van der Waals surface area contributed by atoms with Crippen molar-refractivity contribution in [1.29, 1.82) is 0 Å². The SMILES string of the molecule is CC1CSC/C1=N\NC(C)C(F)F. The molecule has 0 amide bonds. The number of hydrazone groups is 1. The minimum absolute atomic E-state index is 0.419. The molecule has 1 N–H and O–H groups in total. The Morgan fingerprint density at radius 3 is 2.77 bits per heavy atom. The van der Waals surface area contributed by atoms with Gasteiger partial charge >= 0.3 is 0 Å². The second-order valence-electron chi connectivity index (χ2n) is 3.27. The second-order valence-corrected chi connectivity index (χ2v) is 4.30. The van der Waals surface area contributed by atoms with Crippen LogP contribution in [-0.2, 0) is 0 Å². The third-order valence-corrected chi connectivity index (χ3v) is 3.21. The Morgan fingerprint density at radius 1 is 1.62 bits per heavy atom. The summed E-state index contributed by atoms with van der Waals surface area (Å²) in [6.45, 7) is 3.50. The molecule has 1 fully saturated rings. The van der Waals surface area contributed by atoms with Crippen molar-refractivity contribution >= 4 is 17.5 Å². The van der Waals surface area contributed by atoms with Crippen LogP contribution in [0.1, 0.15) is 13.8 Å². The quantitative estimate of drug-likeness (QED) is 0.717. The third-order valence-electron chi connectivity index (χ3n) is 1.98. The van der Waals surface area contributed by atoms with Crippen molar-refractivity contribution in [1.82, 2.24) is 5.43 Å². The number of nitrogens with one attached hydrogen (secondary N) is 1. The standard InChI is InChI=1S/C8H14F2N2S/c1-5-3-13-4-7(5)12-11-6(2)8(9)10/h5-6,8,11H,3-4H2,1-2H3/b12-7+. The molecule has 2 nitrogen and oxygen atoms in total. The van der Waals surface area contributed by atoms with Crippen molar-refractivity contribution in [3.8, 4) is 0 Å². The molecule has 2 unspecified atom stereocenters. The lowest BCUT2D eigenvalue weighted by atomic mass is 10.1. The zero-order chi connectivity index (χ0) is 9.84. The monoisotopic (exact) mass is 208 g/mol. The number of thioether (sulfide) groups is 1. The van der Waals surface area contributed by atoms with E-state index in [1.54, 1.807) is 11.8 Å². The first-order chi connectivity index (χ1) is 6.11. The Morgan fingerprint density at radius 2 is 2.31 bits per heavy atom. The molecular formula is C8H14F2N2S. The summed E-state index contributed by atoms with van der Waals surface area (Å²) in [5.41, 5.74) is 3.48. The first-order valence-electron chi connectivity index (χ1n) is 4.29. The van der Waals surface area contributed by atoms with Crippen LogP contribution in [0.2, 0.25) is 0 Å². The highest BCUT2D eigenvalue weighted by Crippen LogP contribution is 2.20. The van der Waals surface area contributed by atoms with E-state index in [9.17, 15) is 8.78 Å². The van der Waals surface area contributed by atoms with Crippen molar-refractivity contribution in [2.75, 3.05) is 11.5 Å². The van der Waals surface area contributed by atoms with Crippen LogP contribution < -0.4 is 5.43 Å². The number of hydrogen-bond acceptors (Lipinski definition) is 3. The molecule has 2 atom stereocenters. The van der Waals surface area contributed by atoms with Gasteiger partial charge in [0.25, 0.3) is 6.43 Å².